The summed E-state index contributed by atoms with van der Waals surface area (Å²) in [7, 11) is 0. The van der Waals surface area contributed by atoms with Gasteiger partial charge in [0.1, 0.15) is 28.3 Å². The highest BCUT2D eigenvalue weighted by Crippen LogP contribution is 2.41. The van der Waals surface area contributed by atoms with Gasteiger partial charge in [0.05, 0.1) is 0 Å². The summed E-state index contributed by atoms with van der Waals surface area (Å²) in [4.78, 5) is 15.0. The second kappa shape index (κ2) is 9.20. The van der Waals surface area contributed by atoms with E-state index in [-0.39, 0.29) is 30.1 Å². The number of hydrogen-bond donors (Lipinski definition) is 1. The number of aryl methyl sites for hydroxylation is 1. The van der Waals surface area contributed by atoms with Crippen molar-refractivity contribution in [2.45, 2.75) is 19.0 Å². The molecule has 5 nitrogen and oxygen atoms in total. The van der Waals surface area contributed by atoms with Crippen LogP contribution in [0.5, 0.6) is 23.0 Å². The Hall–Kier alpha value is -4.07. The zero-order chi connectivity index (χ0) is 23.4. The summed E-state index contributed by atoms with van der Waals surface area (Å²) < 4.78 is 52.7. The fraction of sp³-hybridized carbons (Fsp3) is 0.120. The molecule has 0 aliphatic carbocycles. The smallest absolute Gasteiger partial charge is 0.420 e. The van der Waals surface area contributed by atoms with Crippen LogP contribution < -0.4 is 9.47 Å². The van der Waals surface area contributed by atoms with Gasteiger partial charge in [-0.25, -0.2) is 0 Å². The zero-order valence-corrected chi connectivity index (χ0v) is 17.2. The first-order valence-corrected chi connectivity index (χ1v) is 10.0. The van der Waals surface area contributed by atoms with Gasteiger partial charge in [-0.15, -0.1) is 0 Å². The van der Waals surface area contributed by atoms with Gasteiger partial charge < -0.3 is 14.6 Å². The Balaban J connectivity index is 1.63. The summed E-state index contributed by atoms with van der Waals surface area (Å²) in [5.74, 6) is -0.849. The normalized spacial score (nSPS) is 11.4. The van der Waals surface area contributed by atoms with Crippen LogP contribution in [0.25, 0.3) is 10.9 Å². The maximum atomic E-state index is 13.8. The molecule has 0 radical (unpaired) electrons. The van der Waals surface area contributed by atoms with Crippen LogP contribution in [0.15, 0.2) is 79.0 Å². The molecule has 0 spiro atoms. The molecule has 0 fully saturated rings. The molecular formula is C25H18F3NO4. The number of aliphatic carboxylic acids is 1. The number of fused-ring (bicyclic) bond motifs is 1. The van der Waals surface area contributed by atoms with Crippen molar-refractivity contribution < 1.29 is 32.5 Å². The van der Waals surface area contributed by atoms with Crippen molar-refractivity contribution in [3.63, 3.8) is 0 Å². The van der Waals surface area contributed by atoms with Gasteiger partial charge in [-0.2, -0.15) is 13.2 Å². The van der Waals surface area contributed by atoms with Crippen molar-refractivity contribution >= 4 is 16.9 Å². The quantitative estimate of drug-likeness (QED) is 0.331. The Morgan fingerprint density at radius 1 is 0.879 bits per heavy atom. The molecule has 4 rings (SSSR count). The number of ether oxygens (including phenoxy) is 2. The number of rotatable bonds is 7. The van der Waals surface area contributed by atoms with E-state index in [1.54, 1.807) is 36.5 Å². The molecule has 1 heterocycles. The highest BCUT2D eigenvalue weighted by molar-refractivity contribution is 5.84. The molecule has 8 heteroatoms. The van der Waals surface area contributed by atoms with E-state index in [0.717, 1.165) is 11.5 Å². The Kier molecular flexibility index (Phi) is 6.17. The second-order valence-electron chi connectivity index (χ2n) is 7.23. The first-order chi connectivity index (χ1) is 15.8. The molecule has 0 aliphatic heterocycles. The predicted molar refractivity (Wildman–Crippen MR) is 116 cm³/mol. The maximum absolute atomic E-state index is 13.8. The van der Waals surface area contributed by atoms with Crippen LogP contribution in [-0.2, 0) is 17.4 Å². The van der Waals surface area contributed by atoms with Gasteiger partial charge in [-0.3, -0.25) is 9.78 Å². The predicted octanol–water partition coefficient (Wildman–Crippen LogP) is 6.86. The SMILES string of the molecule is O=C(O)CCc1cccc(Oc2ccc(Oc3cccc4cccnc34)cc2C(F)(F)F)c1. The summed E-state index contributed by atoms with van der Waals surface area (Å²) in [6.45, 7) is 0. The van der Waals surface area contributed by atoms with E-state index in [0.29, 0.717) is 16.8 Å². The van der Waals surface area contributed by atoms with E-state index in [1.165, 1.54) is 24.3 Å². The van der Waals surface area contributed by atoms with Crippen LogP contribution >= 0.6 is 0 Å². The first kappa shape index (κ1) is 22.1. The average Bonchev–Trinajstić information content (AvgIpc) is 2.78. The van der Waals surface area contributed by atoms with Crippen LogP contribution in [-0.4, -0.2) is 16.1 Å². The summed E-state index contributed by atoms with van der Waals surface area (Å²) in [6, 6.07) is 18.6. The molecule has 0 saturated carbocycles. The number of carbonyl (C=O) groups is 1. The van der Waals surface area contributed by atoms with Gasteiger partial charge in [0.15, 0.2) is 5.75 Å². The van der Waals surface area contributed by atoms with E-state index in [9.17, 15) is 18.0 Å². The van der Waals surface area contributed by atoms with Crippen LogP contribution in [0.2, 0.25) is 0 Å². The fourth-order valence-electron chi connectivity index (χ4n) is 3.31. The number of halogens is 3. The van der Waals surface area contributed by atoms with Gasteiger partial charge in [-0.1, -0.05) is 30.3 Å². The van der Waals surface area contributed by atoms with Crippen molar-refractivity contribution in [3.05, 3.63) is 90.1 Å². The number of carboxylic acid groups (broad SMARTS) is 1. The van der Waals surface area contributed by atoms with Crippen LogP contribution in [0.1, 0.15) is 17.5 Å². The fourth-order valence-corrected chi connectivity index (χ4v) is 3.31. The number of para-hydroxylation sites is 1. The Morgan fingerprint density at radius 2 is 1.61 bits per heavy atom. The van der Waals surface area contributed by atoms with Crippen LogP contribution in [0, 0.1) is 0 Å². The lowest BCUT2D eigenvalue weighted by Gasteiger charge is -2.16. The summed E-state index contributed by atoms with van der Waals surface area (Å²) in [5, 5.41) is 9.62. The number of pyridine rings is 1. The standard InChI is InChI=1S/C25H18F3NO4/c26-25(27,28)20-15-19(33-22-8-2-5-17-6-3-13-29-24(17)22)10-11-21(20)32-18-7-1-4-16(14-18)9-12-23(30)31/h1-8,10-11,13-15H,9,12H2,(H,30,31). The molecule has 1 N–H and O–H groups in total. The molecule has 33 heavy (non-hydrogen) atoms. The Morgan fingerprint density at radius 3 is 2.39 bits per heavy atom. The van der Waals surface area contributed by atoms with E-state index < -0.39 is 17.7 Å². The number of aromatic nitrogens is 1. The van der Waals surface area contributed by atoms with E-state index in [1.807, 2.05) is 12.1 Å². The lowest BCUT2D eigenvalue weighted by Crippen LogP contribution is -2.07. The van der Waals surface area contributed by atoms with E-state index in [4.69, 9.17) is 14.6 Å². The zero-order valence-electron chi connectivity index (χ0n) is 17.2. The molecule has 1 aromatic heterocycles. The third kappa shape index (κ3) is 5.41. The second-order valence-corrected chi connectivity index (χ2v) is 7.23. The van der Waals surface area contributed by atoms with Crippen molar-refractivity contribution in [3.8, 4) is 23.0 Å². The van der Waals surface area contributed by atoms with E-state index in [2.05, 4.69) is 4.98 Å². The monoisotopic (exact) mass is 453 g/mol. The van der Waals surface area contributed by atoms with E-state index >= 15 is 0 Å². The molecule has 0 saturated heterocycles. The minimum atomic E-state index is -4.69. The summed E-state index contributed by atoms with van der Waals surface area (Å²) >= 11 is 0. The van der Waals surface area contributed by atoms with Gasteiger partial charge in [0.25, 0.3) is 0 Å². The number of carboxylic acids is 1. The molecule has 0 aliphatic rings. The lowest BCUT2D eigenvalue weighted by atomic mass is 10.1. The molecule has 0 atom stereocenters. The van der Waals surface area contributed by atoms with Crippen molar-refractivity contribution in [2.24, 2.45) is 0 Å². The highest BCUT2D eigenvalue weighted by Gasteiger charge is 2.35. The molecule has 0 amide bonds. The van der Waals surface area contributed by atoms with Crippen molar-refractivity contribution in [2.75, 3.05) is 0 Å². The Labute approximate surface area is 187 Å². The van der Waals surface area contributed by atoms with Crippen LogP contribution in [0.3, 0.4) is 0 Å². The lowest BCUT2D eigenvalue weighted by molar-refractivity contribution is -0.139. The van der Waals surface area contributed by atoms with Crippen molar-refractivity contribution in [1.29, 1.82) is 0 Å². The number of benzene rings is 3. The van der Waals surface area contributed by atoms with Crippen LogP contribution in [0.4, 0.5) is 13.2 Å². The first-order valence-electron chi connectivity index (χ1n) is 10.0. The average molecular weight is 453 g/mol. The number of hydrogen-bond acceptors (Lipinski definition) is 4. The number of nitrogens with zero attached hydrogens (tertiary/aromatic N) is 1. The molecule has 0 unspecified atom stereocenters. The molecular weight excluding hydrogens is 435 g/mol. The minimum absolute atomic E-state index is 0.0111. The largest absolute Gasteiger partial charge is 0.481 e. The van der Waals surface area contributed by atoms with Gasteiger partial charge >= 0.3 is 12.1 Å². The third-order valence-corrected chi connectivity index (χ3v) is 4.83. The maximum Gasteiger partial charge on any atom is 0.420 e. The topological polar surface area (TPSA) is 68.7 Å². The molecule has 4 aromatic rings. The van der Waals surface area contributed by atoms with Crippen molar-refractivity contribution in [1.82, 2.24) is 4.98 Å². The summed E-state index contributed by atoms with van der Waals surface area (Å²) in [5.41, 5.74) is 0.183. The third-order valence-electron chi connectivity index (χ3n) is 4.83. The Bertz CT molecular complexity index is 1300. The number of alkyl halides is 3. The van der Waals surface area contributed by atoms with Gasteiger partial charge in [0.2, 0.25) is 0 Å². The molecule has 3 aromatic carbocycles. The van der Waals surface area contributed by atoms with Gasteiger partial charge in [0, 0.05) is 18.0 Å². The minimum Gasteiger partial charge on any atom is -0.481 e. The highest BCUT2D eigenvalue weighted by atomic mass is 19.4. The molecule has 0 bridgehead atoms. The summed E-state index contributed by atoms with van der Waals surface area (Å²) in [6.07, 6.45) is -2.96. The van der Waals surface area contributed by atoms with Gasteiger partial charge in [-0.05, 0) is 54.4 Å². The molecule has 168 valence electrons.